The third kappa shape index (κ3) is 5.63. The topological polar surface area (TPSA) is 57.7 Å². The van der Waals surface area contributed by atoms with Crippen molar-refractivity contribution in [1.29, 1.82) is 0 Å². The number of carbonyl (C=O) groups excluding carboxylic acids is 1. The van der Waals surface area contributed by atoms with Crippen molar-refractivity contribution < 1.29 is 13.2 Å². The zero-order chi connectivity index (χ0) is 23.3. The van der Waals surface area contributed by atoms with Gasteiger partial charge < -0.3 is 4.90 Å². The summed E-state index contributed by atoms with van der Waals surface area (Å²) < 4.78 is 28.2. The number of hydrogen-bond donors (Lipinski definition) is 0. The number of aryl methyl sites for hydroxylation is 1. The van der Waals surface area contributed by atoms with E-state index in [1.54, 1.807) is 42.5 Å². The van der Waals surface area contributed by atoms with Crippen molar-refractivity contribution in [3.63, 3.8) is 0 Å². The SMILES string of the molecule is Cc1cccc(N(CC(=O)N2CCC(Cc3ccccc3)CC2)S(=O)(=O)c2ccccc2)c1. The Morgan fingerprint density at radius 3 is 2.18 bits per heavy atom. The van der Waals surface area contributed by atoms with E-state index in [-0.39, 0.29) is 17.3 Å². The molecule has 0 saturated carbocycles. The first-order valence-corrected chi connectivity index (χ1v) is 12.8. The van der Waals surface area contributed by atoms with Crippen LogP contribution in [0.2, 0.25) is 0 Å². The van der Waals surface area contributed by atoms with Crippen molar-refractivity contribution >= 4 is 21.6 Å². The maximum atomic E-state index is 13.5. The summed E-state index contributed by atoms with van der Waals surface area (Å²) in [4.78, 5) is 15.2. The van der Waals surface area contributed by atoms with E-state index in [4.69, 9.17) is 0 Å². The van der Waals surface area contributed by atoms with Crippen LogP contribution >= 0.6 is 0 Å². The summed E-state index contributed by atoms with van der Waals surface area (Å²) in [5.41, 5.74) is 2.77. The van der Waals surface area contributed by atoms with E-state index >= 15 is 0 Å². The Morgan fingerprint density at radius 2 is 1.55 bits per heavy atom. The third-order valence-corrected chi connectivity index (χ3v) is 8.02. The van der Waals surface area contributed by atoms with Crippen LogP contribution in [0.1, 0.15) is 24.0 Å². The van der Waals surface area contributed by atoms with Crippen molar-refractivity contribution in [2.24, 2.45) is 5.92 Å². The Labute approximate surface area is 196 Å². The molecule has 0 spiro atoms. The van der Waals surface area contributed by atoms with E-state index in [2.05, 4.69) is 24.3 Å². The predicted octanol–water partition coefficient (Wildman–Crippen LogP) is 4.67. The molecule has 172 valence electrons. The zero-order valence-electron chi connectivity index (χ0n) is 18.9. The van der Waals surface area contributed by atoms with Crippen LogP contribution in [0.3, 0.4) is 0 Å². The second-order valence-corrected chi connectivity index (χ2v) is 10.5. The molecule has 5 nitrogen and oxygen atoms in total. The fourth-order valence-corrected chi connectivity index (χ4v) is 5.80. The number of benzene rings is 3. The van der Waals surface area contributed by atoms with Crippen molar-refractivity contribution in [2.75, 3.05) is 23.9 Å². The van der Waals surface area contributed by atoms with Crippen LogP contribution in [0, 0.1) is 12.8 Å². The first-order valence-electron chi connectivity index (χ1n) is 11.4. The van der Waals surface area contributed by atoms with Gasteiger partial charge in [-0.3, -0.25) is 9.10 Å². The molecule has 3 aromatic carbocycles. The first kappa shape index (κ1) is 23.1. The van der Waals surface area contributed by atoms with E-state index in [0.29, 0.717) is 24.7 Å². The minimum absolute atomic E-state index is 0.158. The van der Waals surface area contributed by atoms with Crippen molar-refractivity contribution in [1.82, 2.24) is 4.90 Å². The lowest BCUT2D eigenvalue weighted by atomic mass is 9.90. The highest BCUT2D eigenvalue weighted by Gasteiger charge is 2.30. The van der Waals surface area contributed by atoms with E-state index in [1.165, 1.54) is 9.87 Å². The summed E-state index contributed by atoms with van der Waals surface area (Å²) in [7, 11) is -3.87. The Balaban J connectivity index is 1.48. The second kappa shape index (κ2) is 10.2. The number of carbonyl (C=O) groups is 1. The Morgan fingerprint density at radius 1 is 0.909 bits per heavy atom. The van der Waals surface area contributed by atoms with Crippen LogP contribution in [0.15, 0.2) is 89.8 Å². The standard InChI is InChI=1S/C27H30N2O3S/c1-22-9-8-12-25(19-22)29(33(31,32)26-13-6-3-7-14-26)21-27(30)28-17-15-24(16-18-28)20-23-10-4-2-5-11-23/h2-14,19,24H,15-18,20-21H2,1H3. The van der Waals surface area contributed by atoms with Gasteiger partial charge in [-0.25, -0.2) is 8.42 Å². The van der Waals surface area contributed by atoms with Gasteiger partial charge in [0, 0.05) is 13.1 Å². The molecule has 1 saturated heterocycles. The largest absolute Gasteiger partial charge is 0.341 e. The molecule has 4 rings (SSSR count). The van der Waals surface area contributed by atoms with Gasteiger partial charge in [0.15, 0.2) is 0 Å². The molecule has 1 aliphatic heterocycles. The highest BCUT2D eigenvalue weighted by Crippen LogP contribution is 2.26. The molecule has 0 N–H and O–H groups in total. The number of amides is 1. The molecule has 1 amide bonds. The minimum Gasteiger partial charge on any atom is -0.341 e. The molecule has 0 radical (unpaired) electrons. The molecular weight excluding hydrogens is 432 g/mol. The van der Waals surface area contributed by atoms with E-state index in [0.717, 1.165) is 24.8 Å². The van der Waals surface area contributed by atoms with Gasteiger partial charge in [0.25, 0.3) is 10.0 Å². The maximum absolute atomic E-state index is 13.5. The Hall–Kier alpha value is -3.12. The number of piperidine rings is 1. The Kier molecular flexibility index (Phi) is 7.14. The molecule has 3 aromatic rings. The lowest BCUT2D eigenvalue weighted by Crippen LogP contribution is -2.46. The maximum Gasteiger partial charge on any atom is 0.264 e. The van der Waals surface area contributed by atoms with E-state index < -0.39 is 10.0 Å². The summed E-state index contributed by atoms with van der Waals surface area (Å²) in [5, 5.41) is 0. The summed E-state index contributed by atoms with van der Waals surface area (Å²) in [6.45, 7) is 3.02. The molecule has 0 bridgehead atoms. The summed E-state index contributed by atoms with van der Waals surface area (Å²) in [6, 6.07) is 26.0. The van der Waals surface area contributed by atoms with Gasteiger partial charge >= 0.3 is 0 Å². The molecule has 1 fully saturated rings. The molecule has 1 aliphatic rings. The minimum atomic E-state index is -3.87. The summed E-state index contributed by atoms with van der Waals surface area (Å²) in [5.74, 6) is 0.381. The molecule has 0 aliphatic carbocycles. The van der Waals surface area contributed by atoms with Crippen LogP contribution in [-0.4, -0.2) is 38.9 Å². The number of nitrogens with zero attached hydrogens (tertiary/aromatic N) is 2. The molecular formula is C27H30N2O3S. The lowest BCUT2D eigenvalue weighted by molar-refractivity contribution is -0.130. The molecule has 1 heterocycles. The fourth-order valence-electron chi connectivity index (χ4n) is 4.37. The van der Waals surface area contributed by atoms with Crippen LogP contribution in [0.4, 0.5) is 5.69 Å². The normalized spacial score (nSPS) is 14.8. The van der Waals surface area contributed by atoms with Crippen molar-refractivity contribution in [3.8, 4) is 0 Å². The van der Waals surface area contributed by atoms with E-state index in [9.17, 15) is 13.2 Å². The van der Waals surface area contributed by atoms with Gasteiger partial charge in [-0.05, 0) is 67.5 Å². The second-order valence-electron chi connectivity index (χ2n) is 8.68. The number of sulfonamides is 1. The first-order chi connectivity index (χ1) is 15.9. The molecule has 0 aromatic heterocycles. The molecule has 6 heteroatoms. The van der Waals surface area contributed by atoms with E-state index in [1.807, 2.05) is 30.0 Å². The van der Waals surface area contributed by atoms with Gasteiger partial charge in [-0.2, -0.15) is 0 Å². The fraction of sp³-hybridized carbons (Fsp3) is 0.296. The van der Waals surface area contributed by atoms with Crippen LogP contribution < -0.4 is 4.31 Å². The smallest absolute Gasteiger partial charge is 0.264 e. The van der Waals surface area contributed by atoms with Gasteiger partial charge in [0.2, 0.25) is 5.91 Å². The number of rotatable bonds is 7. The van der Waals surface area contributed by atoms with Crippen molar-refractivity contribution in [3.05, 3.63) is 96.1 Å². The average molecular weight is 463 g/mol. The number of likely N-dealkylation sites (tertiary alicyclic amines) is 1. The van der Waals surface area contributed by atoms with Crippen molar-refractivity contribution in [2.45, 2.75) is 31.1 Å². The highest BCUT2D eigenvalue weighted by molar-refractivity contribution is 7.92. The summed E-state index contributed by atoms with van der Waals surface area (Å²) >= 11 is 0. The van der Waals surface area contributed by atoms with Gasteiger partial charge in [0.05, 0.1) is 10.6 Å². The van der Waals surface area contributed by atoms with Gasteiger partial charge in [-0.15, -0.1) is 0 Å². The number of hydrogen-bond acceptors (Lipinski definition) is 3. The Bertz CT molecular complexity index is 1170. The van der Waals surface area contributed by atoms with Gasteiger partial charge in [-0.1, -0.05) is 60.7 Å². The lowest BCUT2D eigenvalue weighted by Gasteiger charge is -2.34. The molecule has 0 unspecified atom stereocenters. The summed E-state index contributed by atoms with van der Waals surface area (Å²) in [6.07, 6.45) is 2.87. The molecule has 33 heavy (non-hydrogen) atoms. The monoisotopic (exact) mass is 462 g/mol. The predicted molar refractivity (Wildman–Crippen MR) is 132 cm³/mol. The average Bonchev–Trinajstić information content (AvgIpc) is 2.84. The highest BCUT2D eigenvalue weighted by atomic mass is 32.2. The third-order valence-electron chi connectivity index (χ3n) is 6.23. The number of anilines is 1. The quantitative estimate of drug-likeness (QED) is 0.513. The van der Waals surface area contributed by atoms with Crippen LogP contribution in [0.5, 0.6) is 0 Å². The zero-order valence-corrected chi connectivity index (χ0v) is 19.7. The molecule has 0 atom stereocenters. The van der Waals surface area contributed by atoms with Gasteiger partial charge in [0.1, 0.15) is 6.54 Å². The van der Waals surface area contributed by atoms with Crippen LogP contribution in [-0.2, 0) is 21.2 Å². The van der Waals surface area contributed by atoms with Crippen LogP contribution in [0.25, 0.3) is 0 Å².